The summed E-state index contributed by atoms with van der Waals surface area (Å²) in [5, 5.41) is 11.4. The number of hydrogen-bond acceptors (Lipinski definition) is 5. The number of rotatable bonds is 9. The Hall–Kier alpha value is -1.18. The maximum Gasteiger partial charge on any atom is 0.320 e. The Bertz CT molecular complexity index is 393. The molecule has 0 aromatic heterocycles. The predicted molar refractivity (Wildman–Crippen MR) is 81.0 cm³/mol. The van der Waals surface area contributed by atoms with Crippen LogP contribution >= 0.6 is 12.4 Å². The largest absolute Gasteiger partial charge is 0.480 e. The van der Waals surface area contributed by atoms with E-state index in [0.717, 1.165) is 0 Å². The molecule has 0 aliphatic carbocycles. The van der Waals surface area contributed by atoms with E-state index in [4.69, 9.17) is 14.6 Å². The number of allylic oxidation sites excluding steroid dienone is 1. The fraction of sp³-hybridized carbons (Fsp3) is 0.714. The molecule has 1 fully saturated rings. The molecule has 1 aliphatic rings. The van der Waals surface area contributed by atoms with Gasteiger partial charge in [-0.2, -0.15) is 0 Å². The van der Waals surface area contributed by atoms with Crippen LogP contribution < -0.4 is 5.32 Å². The van der Waals surface area contributed by atoms with Crippen molar-refractivity contribution in [3.05, 3.63) is 12.2 Å². The van der Waals surface area contributed by atoms with Gasteiger partial charge in [0, 0.05) is 19.4 Å². The van der Waals surface area contributed by atoms with Crippen molar-refractivity contribution in [2.24, 2.45) is 0 Å². The van der Waals surface area contributed by atoms with Crippen LogP contribution in [0.5, 0.6) is 0 Å². The monoisotopic (exact) mass is 339 g/mol. The van der Waals surface area contributed by atoms with Gasteiger partial charge in [-0.25, -0.2) is 4.39 Å². The van der Waals surface area contributed by atoms with E-state index in [0.29, 0.717) is 19.4 Å². The average Bonchev–Trinajstić information content (AvgIpc) is 2.81. The number of carboxylic acid groups (broad SMARTS) is 1. The maximum absolute atomic E-state index is 14.2. The number of carbonyl (C=O) groups excluding carboxylic acids is 1. The van der Waals surface area contributed by atoms with Crippen LogP contribution in [0.4, 0.5) is 4.39 Å². The van der Waals surface area contributed by atoms with Crippen LogP contribution in [0.2, 0.25) is 0 Å². The average molecular weight is 340 g/mol. The van der Waals surface area contributed by atoms with Crippen molar-refractivity contribution in [2.75, 3.05) is 26.4 Å². The summed E-state index contributed by atoms with van der Waals surface area (Å²) in [6.07, 6.45) is 4.25. The van der Waals surface area contributed by atoms with Crippen LogP contribution in [0.15, 0.2) is 12.2 Å². The molecule has 0 radical (unpaired) electrons. The summed E-state index contributed by atoms with van der Waals surface area (Å²) in [5.74, 6) is -1.30. The van der Waals surface area contributed by atoms with Gasteiger partial charge in [0.15, 0.2) is 0 Å². The molecule has 1 saturated heterocycles. The molecule has 0 spiro atoms. The summed E-state index contributed by atoms with van der Waals surface area (Å²) in [6.45, 7) is 2.19. The highest BCUT2D eigenvalue weighted by Gasteiger charge is 2.42. The molecule has 0 bridgehead atoms. The molecule has 2 atom stereocenters. The lowest BCUT2D eigenvalue weighted by atomic mass is 10.0. The Morgan fingerprint density at radius 3 is 2.77 bits per heavy atom. The predicted octanol–water partition coefficient (Wildman–Crippen LogP) is 1.48. The van der Waals surface area contributed by atoms with Gasteiger partial charge in [-0.05, 0) is 13.3 Å². The molecule has 2 N–H and O–H groups in total. The lowest BCUT2D eigenvalue weighted by Crippen LogP contribution is -2.31. The van der Waals surface area contributed by atoms with E-state index in [1.165, 1.54) is 0 Å². The number of esters is 1. The van der Waals surface area contributed by atoms with Crippen LogP contribution in [0.25, 0.3) is 0 Å². The number of hydrogen-bond donors (Lipinski definition) is 2. The van der Waals surface area contributed by atoms with E-state index in [2.05, 4.69) is 5.32 Å². The summed E-state index contributed by atoms with van der Waals surface area (Å²) in [5.41, 5.74) is -1.64. The summed E-state index contributed by atoms with van der Waals surface area (Å²) >= 11 is 0. The van der Waals surface area contributed by atoms with Gasteiger partial charge in [0.1, 0.15) is 11.7 Å². The third-order valence-electron chi connectivity index (χ3n) is 3.10. The molecule has 6 nitrogen and oxygen atoms in total. The van der Waals surface area contributed by atoms with Crippen molar-refractivity contribution in [1.29, 1.82) is 0 Å². The molecule has 0 aromatic rings. The first-order valence-corrected chi connectivity index (χ1v) is 7.00. The number of ether oxygens (including phenoxy) is 2. The fourth-order valence-corrected chi connectivity index (χ4v) is 2.03. The van der Waals surface area contributed by atoms with E-state index in [1.807, 2.05) is 0 Å². The number of alkyl halides is 1. The van der Waals surface area contributed by atoms with Crippen LogP contribution in [0.1, 0.15) is 26.2 Å². The molecule has 8 heteroatoms. The second kappa shape index (κ2) is 10.5. The zero-order chi connectivity index (χ0) is 15.7. The molecule has 128 valence electrons. The second-order valence-electron chi connectivity index (χ2n) is 4.96. The minimum absolute atomic E-state index is 0. The van der Waals surface area contributed by atoms with Gasteiger partial charge in [-0.3, -0.25) is 9.59 Å². The van der Waals surface area contributed by atoms with E-state index in [1.54, 1.807) is 19.1 Å². The van der Waals surface area contributed by atoms with Crippen LogP contribution in [0, 0.1) is 0 Å². The third kappa shape index (κ3) is 7.72. The zero-order valence-corrected chi connectivity index (χ0v) is 13.4. The third-order valence-corrected chi connectivity index (χ3v) is 3.10. The Balaban J connectivity index is 0.00000441. The van der Waals surface area contributed by atoms with E-state index >= 15 is 0 Å². The van der Waals surface area contributed by atoms with Gasteiger partial charge in [-0.15, -0.1) is 12.4 Å². The minimum atomic E-state index is -1.64. The Morgan fingerprint density at radius 1 is 1.45 bits per heavy atom. The van der Waals surface area contributed by atoms with Crippen LogP contribution in [-0.2, 0) is 19.1 Å². The Labute approximate surface area is 135 Å². The second-order valence-corrected chi connectivity index (χ2v) is 4.96. The van der Waals surface area contributed by atoms with Crippen molar-refractivity contribution >= 4 is 24.3 Å². The molecule has 0 saturated carbocycles. The molecular weight excluding hydrogens is 317 g/mol. The van der Waals surface area contributed by atoms with Gasteiger partial charge in [0.05, 0.1) is 19.8 Å². The van der Waals surface area contributed by atoms with Crippen molar-refractivity contribution in [3.8, 4) is 0 Å². The molecule has 0 amide bonds. The van der Waals surface area contributed by atoms with Gasteiger partial charge >= 0.3 is 11.9 Å². The Morgan fingerprint density at radius 2 is 2.18 bits per heavy atom. The number of halogens is 2. The van der Waals surface area contributed by atoms with Gasteiger partial charge in [-0.1, -0.05) is 12.2 Å². The van der Waals surface area contributed by atoms with Crippen molar-refractivity contribution in [3.63, 3.8) is 0 Å². The van der Waals surface area contributed by atoms with E-state index in [9.17, 15) is 14.0 Å². The highest BCUT2D eigenvalue weighted by molar-refractivity contribution is 5.85. The lowest BCUT2D eigenvalue weighted by molar-refractivity contribution is -0.143. The molecule has 0 aromatic carbocycles. The summed E-state index contributed by atoms with van der Waals surface area (Å²) in [4.78, 5) is 21.8. The lowest BCUT2D eigenvalue weighted by Gasteiger charge is -2.17. The smallest absolute Gasteiger partial charge is 0.320 e. The van der Waals surface area contributed by atoms with E-state index < -0.39 is 17.7 Å². The summed E-state index contributed by atoms with van der Waals surface area (Å²) in [6, 6.07) is -0.848. The van der Waals surface area contributed by atoms with Crippen LogP contribution in [0.3, 0.4) is 0 Å². The van der Waals surface area contributed by atoms with Gasteiger partial charge < -0.3 is 19.9 Å². The first-order valence-electron chi connectivity index (χ1n) is 7.00. The molecule has 1 rings (SSSR count). The Kier molecular flexibility index (Phi) is 9.97. The summed E-state index contributed by atoms with van der Waals surface area (Å²) < 4.78 is 24.1. The topological polar surface area (TPSA) is 84.9 Å². The van der Waals surface area contributed by atoms with Gasteiger partial charge in [0.2, 0.25) is 0 Å². The van der Waals surface area contributed by atoms with E-state index in [-0.39, 0.29) is 44.6 Å². The molecule has 2 unspecified atom stereocenters. The number of carboxylic acids is 1. The first-order chi connectivity index (χ1) is 9.97. The number of aliphatic carboxylic acids is 1. The fourth-order valence-electron chi connectivity index (χ4n) is 2.03. The van der Waals surface area contributed by atoms with Gasteiger partial charge in [0.25, 0.3) is 0 Å². The highest BCUT2D eigenvalue weighted by Crippen LogP contribution is 2.24. The normalized spacial score (nSPS) is 24.2. The summed E-state index contributed by atoms with van der Waals surface area (Å²) in [7, 11) is 0. The van der Waals surface area contributed by atoms with Crippen molar-refractivity contribution in [1.82, 2.24) is 5.32 Å². The maximum atomic E-state index is 14.2. The number of nitrogens with one attached hydrogen (secondary N) is 1. The number of carbonyl (C=O) groups is 2. The molecular formula is C14H23ClFNO5. The van der Waals surface area contributed by atoms with Crippen LogP contribution in [-0.4, -0.2) is 55.1 Å². The zero-order valence-electron chi connectivity index (χ0n) is 12.5. The SMILES string of the molecule is CCOC(=O)CC/C=C/COCC1(F)CNC(C(=O)O)C1.Cl. The van der Waals surface area contributed by atoms with Crippen molar-refractivity contribution < 1.29 is 28.6 Å². The standard InChI is InChI=1S/C14H22FNO5.ClH/c1-2-21-12(17)6-4-3-5-7-20-10-14(15)8-11(13(18)19)16-9-14;/h3,5,11,16H,2,4,6-10H2,1H3,(H,18,19);1H/b5-3+;. The minimum Gasteiger partial charge on any atom is -0.480 e. The van der Waals surface area contributed by atoms with Crippen molar-refractivity contribution in [2.45, 2.75) is 37.9 Å². The highest BCUT2D eigenvalue weighted by atomic mass is 35.5. The first kappa shape index (κ1) is 20.8. The quantitative estimate of drug-likeness (QED) is 0.376. The molecule has 1 heterocycles. The molecule has 1 aliphatic heterocycles. The molecule has 22 heavy (non-hydrogen) atoms.